The lowest BCUT2D eigenvalue weighted by atomic mass is 9.79. The van der Waals surface area contributed by atoms with E-state index in [-0.39, 0.29) is 18.3 Å². The van der Waals surface area contributed by atoms with E-state index in [1.165, 1.54) is 0 Å². The number of likely N-dealkylation sites (tertiary alicyclic amines) is 1. The van der Waals surface area contributed by atoms with Gasteiger partial charge in [0.1, 0.15) is 5.75 Å². The summed E-state index contributed by atoms with van der Waals surface area (Å²) < 4.78 is 5.35. The molecule has 0 aliphatic carbocycles. The zero-order valence-corrected chi connectivity index (χ0v) is 20.9. The number of aliphatic hydroxyl groups excluding tert-OH is 1. The predicted octanol–water partition coefficient (Wildman–Crippen LogP) is 4.66. The Morgan fingerprint density at radius 3 is 2.86 bits per heavy atom. The van der Waals surface area contributed by atoms with Crippen molar-refractivity contribution in [2.45, 2.75) is 36.8 Å². The first-order valence-corrected chi connectivity index (χ1v) is 13.1. The Kier molecular flexibility index (Phi) is 8.95. The molecule has 1 saturated heterocycles. The van der Waals surface area contributed by atoms with Crippen LogP contribution in [0.15, 0.2) is 59.9 Å². The van der Waals surface area contributed by atoms with Crippen molar-refractivity contribution in [3.8, 4) is 5.75 Å². The van der Waals surface area contributed by atoms with Gasteiger partial charge in [0.15, 0.2) is 0 Å². The Balaban J connectivity index is 1.35. The molecule has 1 aliphatic heterocycles. The van der Waals surface area contributed by atoms with E-state index in [0.717, 1.165) is 65.5 Å². The zero-order valence-electron chi connectivity index (χ0n) is 20.0. The van der Waals surface area contributed by atoms with Gasteiger partial charge in [-0.2, -0.15) is 0 Å². The Bertz CT molecular complexity index is 1110. The number of carbonyl (C=O) groups is 1. The molecule has 8 heteroatoms. The topological polar surface area (TPSA) is 95.8 Å². The molecular formula is C27H33N3O4S. The molecule has 1 aromatic carbocycles. The second-order valence-electron chi connectivity index (χ2n) is 9.10. The van der Waals surface area contributed by atoms with Crippen molar-refractivity contribution in [1.29, 1.82) is 0 Å². The Morgan fingerprint density at radius 1 is 1.20 bits per heavy atom. The van der Waals surface area contributed by atoms with Crippen LogP contribution in [0.5, 0.6) is 5.75 Å². The van der Waals surface area contributed by atoms with Gasteiger partial charge < -0.3 is 19.8 Å². The first-order chi connectivity index (χ1) is 17.0. The quantitative estimate of drug-likeness (QED) is 0.371. The lowest BCUT2D eigenvalue weighted by Crippen LogP contribution is -2.42. The van der Waals surface area contributed by atoms with Gasteiger partial charge in [-0.05, 0) is 79.6 Å². The third-order valence-corrected chi connectivity index (χ3v) is 7.78. The van der Waals surface area contributed by atoms with E-state index in [4.69, 9.17) is 4.74 Å². The van der Waals surface area contributed by atoms with Crippen LogP contribution in [0.3, 0.4) is 0 Å². The molecule has 2 aromatic heterocycles. The summed E-state index contributed by atoms with van der Waals surface area (Å²) in [6.45, 7) is 2.65. The number of aliphatic carboxylic acids is 1. The summed E-state index contributed by atoms with van der Waals surface area (Å²) in [5.74, 6) is 1.27. The molecule has 186 valence electrons. The van der Waals surface area contributed by atoms with Crippen LogP contribution in [0.1, 0.15) is 37.4 Å². The number of piperidine rings is 1. The van der Waals surface area contributed by atoms with Crippen LogP contribution in [-0.4, -0.2) is 63.5 Å². The fraction of sp³-hybridized carbons (Fsp3) is 0.444. The number of carboxylic acid groups (broad SMARTS) is 1. The third kappa shape index (κ3) is 6.93. The van der Waals surface area contributed by atoms with Gasteiger partial charge in [-0.25, -0.2) is 4.98 Å². The number of hydrogen-bond acceptors (Lipinski definition) is 7. The number of nitrogens with zero attached hydrogens (tertiary/aromatic N) is 3. The SMILES string of the molecule is COc1ccc2nccc(C(O)CC[C@@H]3CCN(CCSc4ccccn4)C[C@@H]3CC(=O)O)c2c1. The average molecular weight is 496 g/mol. The molecule has 0 amide bonds. The van der Waals surface area contributed by atoms with Crippen LogP contribution in [0.4, 0.5) is 0 Å². The smallest absolute Gasteiger partial charge is 0.303 e. The Labute approximate surface area is 210 Å². The van der Waals surface area contributed by atoms with E-state index in [0.29, 0.717) is 6.42 Å². The molecule has 3 aromatic rings. The standard InChI is InChI=1S/C27H33N3O4S/c1-34-21-6-7-24-23(17-21)22(9-12-28-24)25(31)8-5-19-10-13-30(18-20(19)16-27(32)33)14-15-35-26-4-2-3-11-29-26/h2-4,6-7,9,11-12,17,19-20,25,31H,5,8,10,13-16,18H2,1H3,(H,32,33)/t19-,20+,25?/m1/s1. The molecule has 3 heterocycles. The minimum absolute atomic E-state index is 0.0857. The highest BCUT2D eigenvalue weighted by atomic mass is 32.2. The van der Waals surface area contributed by atoms with Crippen LogP contribution in [0.2, 0.25) is 0 Å². The summed E-state index contributed by atoms with van der Waals surface area (Å²) in [6.07, 6.45) is 5.39. The lowest BCUT2D eigenvalue weighted by molar-refractivity contribution is -0.139. The van der Waals surface area contributed by atoms with E-state index >= 15 is 0 Å². The number of fused-ring (bicyclic) bond motifs is 1. The van der Waals surface area contributed by atoms with Crippen molar-refractivity contribution in [3.05, 3.63) is 60.4 Å². The van der Waals surface area contributed by atoms with Crippen LogP contribution in [0.25, 0.3) is 10.9 Å². The lowest BCUT2D eigenvalue weighted by Gasteiger charge is -2.38. The highest BCUT2D eigenvalue weighted by Gasteiger charge is 2.31. The van der Waals surface area contributed by atoms with Crippen LogP contribution in [-0.2, 0) is 4.79 Å². The molecule has 35 heavy (non-hydrogen) atoms. The summed E-state index contributed by atoms with van der Waals surface area (Å²) in [4.78, 5) is 22.7. The summed E-state index contributed by atoms with van der Waals surface area (Å²) in [5, 5.41) is 22.5. The van der Waals surface area contributed by atoms with E-state index in [1.54, 1.807) is 31.3 Å². The number of aromatic nitrogens is 2. The molecule has 0 radical (unpaired) electrons. The molecule has 7 nitrogen and oxygen atoms in total. The molecular weight excluding hydrogens is 462 g/mol. The summed E-state index contributed by atoms with van der Waals surface area (Å²) >= 11 is 1.73. The monoisotopic (exact) mass is 495 g/mol. The number of ether oxygens (including phenoxy) is 1. The number of hydrogen-bond donors (Lipinski definition) is 2. The summed E-state index contributed by atoms with van der Waals surface area (Å²) in [7, 11) is 1.62. The van der Waals surface area contributed by atoms with Gasteiger partial charge in [0.05, 0.1) is 23.8 Å². The summed E-state index contributed by atoms with van der Waals surface area (Å²) in [6, 6.07) is 13.5. The van der Waals surface area contributed by atoms with Gasteiger partial charge in [-0.3, -0.25) is 9.78 Å². The predicted molar refractivity (Wildman–Crippen MR) is 138 cm³/mol. The minimum Gasteiger partial charge on any atom is -0.497 e. The Hall–Kier alpha value is -2.68. The maximum Gasteiger partial charge on any atom is 0.303 e. The molecule has 0 bridgehead atoms. The maximum absolute atomic E-state index is 11.6. The number of pyridine rings is 2. The van der Waals surface area contributed by atoms with Crippen molar-refractivity contribution >= 4 is 28.6 Å². The van der Waals surface area contributed by atoms with Gasteiger partial charge in [0, 0.05) is 43.0 Å². The number of methoxy groups -OCH3 is 1. The second kappa shape index (κ2) is 12.3. The molecule has 1 fully saturated rings. The number of carboxylic acids is 1. The van der Waals surface area contributed by atoms with Gasteiger partial charge in [-0.1, -0.05) is 6.07 Å². The molecule has 1 unspecified atom stereocenters. The van der Waals surface area contributed by atoms with Crippen molar-refractivity contribution in [3.63, 3.8) is 0 Å². The van der Waals surface area contributed by atoms with Gasteiger partial charge >= 0.3 is 5.97 Å². The number of aliphatic hydroxyl groups is 1. The van der Waals surface area contributed by atoms with Crippen LogP contribution in [0, 0.1) is 11.8 Å². The number of thioether (sulfide) groups is 1. The fourth-order valence-corrected chi connectivity index (χ4v) is 5.87. The van der Waals surface area contributed by atoms with Crippen molar-refractivity contribution in [2.24, 2.45) is 11.8 Å². The molecule has 2 N–H and O–H groups in total. The van der Waals surface area contributed by atoms with Crippen molar-refractivity contribution < 1.29 is 19.7 Å². The Morgan fingerprint density at radius 2 is 2.09 bits per heavy atom. The van der Waals surface area contributed by atoms with Gasteiger partial charge in [-0.15, -0.1) is 11.8 Å². The van der Waals surface area contributed by atoms with Crippen molar-refractivity contribution in [2.75, 3.05) is 32.5 Å². The minimum atomic E-state index is -0.752. The van der Waals surface area contributed by atoms with Gasteiger partial charge in [0.2, 0.25) is 0 Å². The molecule has 0 spiro atoms. The first kappa shape index (κ1) is 25.4. The maximum atomic E-state index is 11.6. The molecule has 1 aliphatic rings. The van der Waals surface area contributed by atoms with Gasteiger partial charge in [0.25, 0.3) is 0 Å². The van der Waals surface area contributed by atoms with E-state index in [2.05, 4.69) is 14.9 Å². The fourth-order valence-electron chi connectivity index (χ4n) is 5.00. The number of benzene rings is 1. The second-order valence-corrected chi connectivity index (χ2v) is 10.2. The van der Waals surface area contributed by atoms with Crippen LogP contribution >= 0.6 is 11.8 Å². The van der Waals surface area contributed by atoms with E-state index < -0.39 is 12.1 Å². The molecule has 0 saturated carbocycles. The van der Waals surface area contributed by atoms with E-state index in [1.807, 2.05) is 42.5 Å². The molecule has 4 rings (SSSR count). The highest BCUT2D eigenvalue weighted by molar-refractivity contribution is 7.99. The highest BCUT2D eigenvalue weighted by Crippen LogP contribution is 2.35. The van der Waals surface area contributed by atoms with Crippen LogP contribution < -0.4 is 4.74 Å². The van der Waals surface area contributed by atoms with Crippen molar-refractivity contribution in [1.82, 2.24) is 14.9 Å². The molecule has 3 atom stereocenters. The number of rotatable bonds is 11. The normalized spacial score (nSPS) is 19.5. The largest absolute Gasteiger partial charge is 0.497 e. The summed E-state index contributed by atoms with van der Waals surface area (Å²) in [5.41, 5.74) is 1.66. The first-order valence-electron chi connectivity index (χ1n) is 12.1. The van der Waals surface area contributed by atoms with E-state index in [9.17, 15) is 15.0 Å². The third-order valence-electron chi connectivity index (χ3n) is 6.86. The average Bonchev–Trinajstić information content (AvgIpc) is 2.87. The zero-order chi connectivity index (χ0) is 24.6.